The van der Waals surface area contributed by atoms with Crippen LogP contribution in [0.15, 0.2) is 30.3 Å². The number of amides is 2. The van der Waals surface area contributed by atoms with Gasteiger partial charge in [0, 0.05) is 5.92 Å². The van der Waals surface area contributed by atoms with Crippen LogP contribution in [0.1, 0.15) is 71.4 Å². The second-order valence-corrected chi connectivity index (χ2v) is 7.97. The highest BCUT2D eigenvalue weighted by Crippen LogP contribution is 2.28. The standard InChI is InChI=1S/C22H34N2O2/c1-5-16(3)20(24-21(25)19-13-11-15(2)12-14-19)22(26)23-17(4)18-9-7-6-8-10-18/h6-10,15-17,19-20H,5,11-14H2,1-4H3,(H,23,26)(H,24,25). The van der Waals surface area contributed by atoms with Gasteiger partial charge in [-0.05, 0) is 50.0 Å². The van der Waals surface area contributed by atoms with Crippen LogP contribution >= 0.6 is 0 Å². The van der Waals surface area contributed by atoms with Gasteiger partial charge in [-0.2, -0.15) is 0 Å². The minimum Gasteiger partial charge on any atom is -0.348 e. The first kappa shape index (κ1) is 20.5. The van der Waals surface area contributed by atoms with Crippen LogP contribution in [-0.4, -0.2) is 17.9 Å². The van der Waals surface area contributed by atoms with E-state index in [-0.39, 0.29) is 29.7 Å². The number of nitrogens with one attached hydrogen (secondary N) is 2. The Kier molecular flexibility index (Phi) is 7.67. The number of carbonyl (C=O) groups is 2. The Balaban J connectivity index is 1.99. The highest BCUT2D eigenvalue weighted by atomic mass is 16.2. The summed E-state index contributed by atoms with van der Waals surface area (Å²) < 4.78 is 0. The predicted octanol–water partition coefficient (Wildman–Crippen LogP) is 4.22. The average molecular weight is 359 g/mol. The summed E-state index contributed by atoms with van der Waals surface area (Å²) in [7, 11) is 0. The molecule has 4 heteroatoms. The summed E-state index contributed by atoms with van der Waals surface area (Å²) >= 11 is 0. The molecule has 1 aliphatic rings. The summed E-state index contributed by atoms with van der Waals surface area (Å²) in [5, 5.41) is 6.13. The summed E-state index contributed by atoms with van der Waals surface area (Å²) in [4.78, 5) is 25.6. The van der Waals surface area contributed by atoms with Crippen molar-refractivity contribution in [3.05, 3.63) is 35.9 Å². The van der Waals surface area contributed by atoms with Crippen LogP contribution in [0.3, 0.4) is 0 Å². The lowest BCUT2D eigenvalue weighted by Crippen LogP contribution is -2.52. The SMILES string of the molecule is CCC(C)C(NC(=O)C1CCC(C)CC1)C(=O)NC(C)c1ccccc1. The minimum absolute atomic E-state index is 0.0460. The highest BCUT2D eigenvalue weighted by molar-refractivity contribution is 5.89. The van der Waals surface area contributed by atoms with Crippen molar-refractivity contribution in [2.24, 2.45) is 17.8 Å². The van der Waals surface area contributed by atoms with Crippen molar-refractivity contribution in [1.29, 1.82) is 0 Å². The van der Waals surface area contributed by atoms with Crippen molar-refractivity contribution < 1.29 is 9.59 Å². The zero-order valence-electron chi connectivity index (χ0n) is 16.6. The van der Waals surface area contributed by atoms with Gasteiger partial charge in [-0.15, -0.1) is 0 Å². The normalized spacial score (nSPS) is 23.5. The van der Waals surface area contributed by atoms with Crippen LogP contribution in [0.2, 0.25) is 0 Å². The quantitative estimate of drug-likeness (QED) is 0.767. The molecule has 26 heavy (non-hydrogen) atoms. The minimum atomic E-state index is -0.474. The summed E-state index contributed by atoms with van der Waals surface area (Å²) in [6.45, 7) is 8.31. The molecule has 0 bridgehead atoms. The van der Waals surface area contributed by atoms with Gasteiger partial charge in [-0.1, -0.05) is 57.5 Å². The maximum atomic E-state index is 12.9. The van der Waals surface area contributed by atoms with E-state index in [2.05, 4.69) is 24.5 Å². The molecule has 1 aromatic rings. The molecular weight excluding hydrogens is 324 g/mol. The van der Waals surface area contributed by atoms with E-state index in [1.54, 1.807) is 0 Å². The molecule has 0 radical (unpaired) electrons. The smallest absolute Gasteiger partial charge is 0.243 e. The van der Waals surface area contributed by atoms with E-state index in [1.165, 1.54) is 0 Å². The molecule has 1 saturated carbocycles. The molecule has 0 heterocycles. The number of hydrogen-bond donors (Lipinski definition) is 2. The third-order valence-corrected chi connectivity index (χ3v) is 5.84. The third-order valence-electron chi connectivity index (χ3n) is 5.84. The molecule has 0 spiro atoms. The van der Waals surface area contributed by atoms with Crippen LogP contribution in [0.25, 0.3) is 0 Å². The van der Waals surface area contributed by atoms with Crippen LogP contribution in [0, 0.1) is 17.8 Å². The molecule has 1 aromatic carbocycles. The van der Waals surface area contributed by atoms with Gasteiger partial charge in [0.05, 0.1) is 6.04 Å². The van der Waals surface area contributed by atoms with Crippen LogP contribution in [0.5, 0.6) is 0 Å². The molecule has 0 aliphatic heterocycles. The first-order chi connectivity index (χ1) is 12.4. The Morgan fingerprint density at radius 3 is 2.23 bits per heavy atom. The zero-order valence-corrected chi connectivity index (χ0v) is 16.6. The number of hydrogen-bond acceptors (Lipinski definition) is 2. The largest absolute Gasteiger partial charge is 0.348 e. The van der Waals surface area contributed by atoms with Gasteiger partial charge in [0.1, 0.15) is 6.04 Å². The molecule has 4 nitrogen and oxygen atoms in total. The first-order valence-corrected chi connectivity index (χ1v) is 10.1. The maximum Gasteiger partial charge on any atom is 0.243 e. The summed E-state index contributed by atoms with van der Waals surface area (Å²) in [6, 6.07) is 9.35. The van der Waals surface area contributed by atoms with E-state index in [0.29, 0.717) is 5.92 Å². The summed E-state index contributed by atoms with van der Waals surface area (Å²) in [5.41, 5.74) is 1.07. The third kappa shape index (κ3) is 5.58. The predicted molar refractivity (Wildman–Crippen MR) is 106 cm³/mol. The molecule has 1 aliphatic carbocycles. The van der Waals surface area contributed by atoms with Gasteiger partial charge >= 0.3 is 0 Å². The van der Waals surface area contributed by atoms with Gasteiger partial charge in [0.25, 0.3) is 0 Å². The molecule has 0 saturated heterocycles. The van der Waals surface area contributed by atoms with Gasteiger partial charge in [0.15, 0.2) is 0 Å². The van der Waals surface area contributed by atoms with E-state index in [9.17, 15) is 9.59 Å². The Morgan fingerprint density at radius 1 is 1.04 bits per heavy atom. The van der Waals surface area contributed by atoms with Crippen LogP contribution < -0.4 is 10.6 Å². The maximum absolute atomic E-state index is 12.9. The van der Waals surface area contributed by atoms with Crippen molar-refractivity contribution in [3.8, 4) is 0 Å². The van der Waals surface area contributed by atoms with Crippen molar-refractivity contribution in [2.45, 2.75) is 71.9 Å². The number of benzene rings is 1. The second-order valence-electron chi connectivity index (χ2n) is 7.97. The Bertz CT molecular complexity index is 579. The fraction of sp³-hybridized carbons (Fsp3) is 0.636. The molecule has 2 N–H and O–H groups in total. The van der Waals surface area contributed by atoms with E-state index in [4.69, 9.17) is 0 Å². The second kappa shape index (κ2) is 9.75. The molecule has 3 atom stereocenters. The van der Waals surface area contributed by atoms with Crippen molar-refractivity contribution >= 4 is 11.8 Å². The lowest BCUT2D eigenvalue weighted by atomic mass is 9.82. The molecule has 2 amide bonds. The Morgan fingerprint density at radius 2 is 1.65 bits per heavy atom. The molecule has 2 rings (SSSR count). The lowest BCUT2D eigenvalue weighted by molar-refractivity contribution is -0.133. The Labute approximate surface area is 158 Å². The molecule has 1 fully saturated rings. The van der Waals surface area contributed by atoms with E-state index >= 15 is 0 Å². The van der Waals surface area contributed by atoms with Gasteiger partial charge < -0.3 is 10.6 Å². The molecular formula is C22H34N2O2. The van der Waals surface area contributed by atoms with Crippen LogP contribution in [0.4, 0.5) is 0 Å². The summed E-state index contributed by atoms with van der Waals surface area (Å²) in [5.74, 6) is 0.818. The van der Waals surface area contributed by atoms with E-state index in [1.807, 2.05) is 44.2 Å². The summed E-state index contributed by atoms with van der Waals surface area (Å²) in [6.07, 6.45) is 4.91. The average Bonchev–Trinajstić information content (AvgIpc) is 2.66. The monoisotopic (exact) mass is 358 g/mol. The molecule has 3 unspecified atom stereocenters. The number of carbonyl (C=O) groups excluding carboxylic acids is 2. The fourth-order valence-electron chi connectivity index (χ4n) is 3.62. The van der Waals surface area contributed by atoms with E-state index < -0.39 is 6.04 Å². The van der Waals surface area contributed by atoms with Gasteiger partial charge in [-0.25, -0.2) is 0 Å². The van der Waals surface area contributed by atoms with Crippen LogP contribution in [-0.2, 0) is 9.59 Å². The fourth-order valence-corrected chi connectivity index (χ4v) is 3.62. The van der Waals surface area contributed by atoms with Crippen molar-refractivity contribution in [3.63, 3.8) is 0 Å². The lowest BCUT2D eigenvalue weighted by Gasteiger charge is -2.30. The first-order valence-electron chi connectivity index (χ1n) is 10.1. The zero-order chi connectivity index (χ0) is 19.1. The van der Waals surface area contributed by atoms with Crippen molar-refractivity contribution in [2.75, 3.05) is 0 Å². The number of rotatable bonds is 7. The highest BCUT2D eigenvalue weighted by Gasteiger charge is 2.31. The van der Waals surface area contributed by atoms with E-state index in [0.717, 1.165) is 37.7 Å². The van der Waals surface area contributed by atoms with Crippen molar-refractivity contribution in [1.82, 2.24) is 10.6 Å². The molecule has 0 aromatic heterocycles. The molecule has 144 valence electrons. The Hall–Kier alpha value is -1.84. The van der Waals surface area contributed by atoms with Gasteiger partial charge in [-0.3, -0.25) is 9.59 Å². The topological polar surface area (TPSA) is 58.2 Å². The van der Waals surface area contributed by atoms with Gasteiger partial charge in [0.2, 0.25) is 11.8 Å².